The van der Waals surface area contributed by atoms with Crippen molar-refractivity contribution < 1.29 is 9.53 Å². The number of nitrogens with one attached hydrogen (secondary N) is 1. The summed E-state index contributed by atoms with van der Waals surface area (Å²) in [6.07, 6.45) is 3.14. The van der Waals surface area contributed by atoms with Gasteiger partial charge in [0.05, 0.1) is 11.6 Å². The van der Waals surface area contributed by atoms with Gasteiger partial charge >= 0.3 is 0 Å². The number of rotatable bonds is 6. The van der Waals surface area contributed by atoms with Crippen LogP contribution in [0.15, 0.2) is 0 Å². The SMILES string of the molecule is CCC(NCC1CCCO1)(C(N)=O)C(C)C. The molecule has 0 saturated carbocycles. The van der Waals surface area contributed by atoms with Crippen molar-refractivity contribution in [2.45, 2.75) is 51.7 Å². The molecule has 1 amide bonds. The third kappa shape index (κ3) is 2.74. The van der Waals surface area contributed by atoms with Gasteiger partial charge in [0.25, 0.3) is 0 Å². The van der Waals surface area contributed by atoms with Crippen LogP contribution in [0.2, 0.25) is 0 Å². The van der Waals surface area contributed by atoms with Gasteiger partial charge in [-0.05, 0) is 25.2 Å². The molecule has 1 aliphatic heterocycles. The van der Waals surface area contributed by atoms with Crippen molar-refractivity contribution in [1.29, 1.82) is 0 Å². The highest BCUT2D eigenvalue weighted by molar-refractivity contribution is 5.84. The molecule has 1 fully saturated rings. The molecule has 0 aromatic heterocycles. The third-order valence-corrected chi connectivity index (χ3v) is 3.65. The van der Waals surface area contributed by atoms with E-state index in [2.05, 4.69) is 5.32 Å². The highest BCUT2D eigenvalue weighted by atomic mass is 16.5. The highest BCUT2D eigenvalue weighted by Crippen LogP contribution is 2.22. The molecule has 1 aliphatic rings. The Kier molecular flexibility index (Phi) is 4.74. The van der Waals surface area contributed by atoms with Gasteiger partial charge in [-0.3, -0.25) is 4.79 Å². The molecule has 1 saturated heterocycles. The van der Waals surface area contributed by atoms with Gasteiger partial charge in [0, 0.05) is 13.2 Å². The van der Waals surface area contributed by atoms with Crippen LogP contribution < -0.4 is 11.1 Å². The molecule has 94 valence electrons. The molecule has 3 N–H and O–H groups in total. The van der Waals surface area contributed by atoms with E-state index < -0.39 is 5.54 Å². The number of ether oxygens (including phenoxy) is 1. The Morgan fingerprint density at radius 3 is 2.69 bits per heavy atom. The van der Waals surface area contributed by atoms with Crippen LogP contribution in [0, 0.1) is 5.92 Å². The predicted molar refractivity (Wildman–Crippen MR) is 64.0 cm³/mol. The second-order valence-electron chi connectivity index (χ2n) is 4.86. The van der Waals surface area contributed by atoms with Crippen molar-refractivity contribution in [1.82, 2.24) is 5.32 Å². The van der Waals surface area contributed by atoms with Gasteiger partial charge in [-0.1, -0.05) is 20.8 Å². The van der Waals surface area contributed by atoms with E-state index in [1.165, 1.54) is 0 Å². The van der Waals surface area contributed by atoms with E-state index in [9.17, 15) is 4.79 Å². The van der Waals surface area contributed by atoms with Gasteiger partial charge in [-0.2, -0.15) is 0 Å². The zero-order valence-electron chi connectivity index (χ0n) is 10.6. The molecule has 0 aromatic rings. The minimum atomic E-state index is -0.591. The number of amides is 1. The lowest BCUT2D eigenvalue weighted by atomic mass is 9.83. The van der Waals surface area contributed by atoms with Crippen LogP contribution in [0.3, 0.4) is 0 Å². The molecule has 0 aromatic carbocycles. The predicted octanol–water partition coefficient (Wildman–Crippen LogP) is 1.05. The van der Waals surface area contributed by atoms with E-state index in [0.29, 0.717) is 6.42 Å². The average Bonchev–Trinajstić information content (AvgIpc) is 2.71. The van der Waals surface area contributed by atoms with Crippen LogP contribution in [-0.2, 0) is 9.53 Å². The second kappa shape index (κ2) is 5.64. The van der Waals surface area contributed by atoms with Crippen molar-refractivity contribution in [3.63, 3.8) is 0 Å². The molecular weight excluding hydrogens is 204 g/mol. The lowest BCUT2D eigenvalue weighted by molar-refractivity contribution is -0.126. The number of hydrogen-bond donors (Lipinski definition) is 2. The van der Waals surface area contributed by atoms with E-state index in [0.717, 1.165) is 26.0 Å². The molecule has 1 rings (SSSR count). The van der Waals surface area contributed by atoms with E-state index in [1.54, 1.807) is 0 Å². The zero-order valence-corrected chi connectivity index (χ0v) is 10.6. The Morgan fingerprint density at radius 2 is 2.31 bits per heavy atom. The van der Waals surface area contributed by atoms with Crippen molar-refractivity contribution in [2.75, 3.05) is 13.2 Å². The second-order valence-corrected chi connectivity index (χ2v) is 4.86. The fourth-order valence-corrected chi connectivity index (χ4v) is 2.38. The fourth-order valence-electron chi connectivity index (χ4n) is 2.38. The Labute approximate surface area is 97.9 Å². The first-order chi connectivity index (χ1) is 7.53. The van der Waals surface area contributed by atoms with E-state index in [-0.39, 0.29) is 17.9 Å². The van der Waals surface area contributed by atoms with Crippen molar-refractivity contribution in [2.24, 2.45) is 11.7 Å². The molecule has 0 bridgehead atoms. The number of carbonyl (C=O) groups is 1. The first-order valence-corrected chi connectivity index (χ1v) is 6.19. The molecular formula is C12H24N2O2. The van der Waals surface area contributed by atoms with Gasteiger partial charge in [0.1, 0.15) is 0 Å². The molecule has 4 nitrogen and oxygen atoms in total. The highest BCUT2D eigenvalue weighted by Gasteiger charge is 2.38. The summed E-state index contributed by atoms with van der Waals surface area (Å²) in [5.74, 6) is -0.0700. The Hall–Kier alpha value is -0.610. The lowest BCUT2D eigenvalue weighted by Gasteiger charge is -2.35. The maximum Gasteiger partial charge on any atom is 0.237 e. The quantitative estimate of drug-likeness (QED) is 0.714. The Bertz CT molecular complexity index is 237. The van der Waals surface area contributed by atoms with Crippen LogP contribution in [0.1, 0.15) is 40.0 Å². The standard InChI is InChI=1S/C12H24N2O2/c1-4-12(9(2)3,11(13)15)14-8-10-6-5-7-16-10/h9-10,14H,4-8H2,1-3H3,(H2,13,15). The molecule has 0 aliphatic carbocycles. The van der Waals surface area contributed by atoms with E-state index in [4.69, 9.17) is 10.5 Å². The molecule has 0 radical (unpaired) electrons. The summed E-state index contributed by atoms with van der Waals surface area (Å²) in [5, 5.41) is 3.32. The third-order valence-electron chi connectivity index (χ3n) is 3.65. The van der Waals surface area contributed by atoms with Crippen LogP contribution in [0.5, 0.6) is 0 Å². The summed E-state index contributed by atoms with van der Waals surface area (Å²) in [5.41, 5.74) is 4.93. The molecule has 2 atom stereocenters. The summed E-state index contributed by atoms with van der Waals surface area (Å²) in [6, 6.07) is 0. The largest absolute Gasteiger partial charge is 0.377 e. The van der Waals surface area contributed by atoms with Crippen molar-refractivity contribution in [3.8, 4) is 0 Å². The maximum atomic E-state index is 11.6. The molecule has 2 unspecified atom stereocenters. The van der Waals surface area contributed by atoms with Crippen LogP contribution >= 0.6 is 0 Å². The summed E-state index contributed by atoms with van der Waals surface area (Å²) in [4.78, 5) is 11.6. The van der Waals surface area contributed by atoms with Gasteiger partial charge in [-0.25, -0.2) is 0 Å². The topological polar surface area (TPSA) is 64.3 Å². The normalized spacial score (nSPS) is 24.6. The fraction of sp³-hybridized carbons (Fsp3) is 0.917. The number of nitrogens with two attached hydrogens (primary N) is 1. The van der Waals surface area contributed by atoms with E-state index in [1.807, 2.05) is 20.8 Å². The summed E-state index contributed by atoms with van der Waals surface area (Å²) in [7, 11) is 0. The van der Waals surface area contributed by atoms with Gasteiger partial charge in [0.2, 0.25) is 5.91 Å². The molecule has 1 heterocycles. The van der Waals surface area contributed by atoms with Gasteiger partial charge in [0.15, 0.2) is 0 Å². The average molecular weight is 228 g/mol. The zero-order chi connectivity index (χ0) is 12.2. The Balaban J connectivity index is 2.58. The van der Waals surface area contributed by atoms with Crippen LogP contribution in [0.4, 0.5) is 0 Å². The van der Waals surface area contributed by atoms with Crippen molar-refractivity contribution >= 4 is 5.91 Å². The van der Waals surface area contributed by atoms with Gasteiger partial charge in [-0.15, -0.1) is 0 Å². The monoisotopic (exact) mass is 228 g/mol. The number of hydrogen-bond acceptors (Lipinski definition) is 3. The number of primary amides is 1. The first-order valence-electron chi connectivity index (χ1n) is 6.19. The van der Waals surface area contributed by atoms with Crippen LogP contribution in [0.25, 0.3) is 0 Å². The van der Waals surface area contributed by atoms with E-state index >= 15 is 0 Å². The molecule has 4 heteroatoms. The minimum Gasteiger partial charge on any atom is -0.377 e. The first kappa shape index (κ1) is 13.5. The van der Waals surface area contributed by atoms with Crippen LogP contribution in [-0.4, -0.2) is 30.7 Å². The minimum absolute atomic E-state index is 0.191. The van der Waals surface area contributed by atoms with Gasteiger partial charge < -0.3 is 15.8 Å². The lowest BCUT2D eigenvalue weighted by Crippen LogP contribution is -2.60. The van der Waals surface area contributed by atoms with Crippen molar-refractivity contribution in [3.05, 3.63) is 0 Å². The molecule has 0 spiro atoms. The summed E-state index contributed by atoms with van der Waals surface area (Å²) < 4.78 is 5.54. The molecule has 16 heavy (non-hydrogen) atoms. The summed E-state index contributed by atoms with van der Waals surface area (Å²) in [6.45, 7) is 7.60. The number of carbonyl (C=O) groups excluding carboxylic acids is 1. The smallest absolute Gasteiger partial charge is 0.237 e. The maximum absolute atomic E-state index is 11.6. The Morgan fingerprint density at radius 1 is 1.62 bits per heavy atom. The summed E-state index contributed by atoms with van der Waals surface area (Å²) >= 11 is 0.